The minimum atomic E-state index is -3.38. The van der Waals surface area contributed by atoms with Gasteiger partial charge in [-0.05, 0) is 62.9 Å². The lowest BCUT2D eigenvalue weighted by atomic mass is 9.96. The van der Waals surface area contributed by atoms with Crippen LogP contribution in [0.5, 0.6) is 0 Å². The van der Waals surface area contributed by atoms with Crippen molar-refractivity contribution in [2.24, 2.45) is 0 Å². The lowest BCUT2D eigenvalue weighted by molar-refractivity contribution is 0.0511. The third kappa shape index (κ3) is 3.98. The number of likely N-dealkylation sites (tertiary alicyclic amines) is 1. The van der Waals surface area contributed by atoms with Gasteiger partial charge in [-0.3, -0.25) is 4.79 Å². The fourth-order valence-corrected chi connectivity index (χ4v) is 5.01. The highest BCUT2D eigenvalue weighted by Crippen LogP contribution is 2.25. The van der Waals surface area contributed by atoms with Crippen LogP contribution in [0.15, 0.2) is 59.5 Å². The van der Waals surface area contributed by atoms with Gasteiger partial charge in [0, 0.05) is 17.6 Å². The quantitative estimate of drug-likeness (QED) is 0.814. The first-order valence-electron chi connectivity index (χ1n) is 9.08. The van der Waals surface area contributed by atoms with E-state index in [0.29, 0.717) is 16.0 Å². The van der Waals surface area contributed by atoms with Crippen LogP contribution in [0, 0.1) is 0 Å². The summed E-state index contributed by atoms with van der Waals surface area (Å²) in [6.45, 7) is 4.18. The molecule has 1 saturated heterocycles. The van der Waals surface area contributed by atoms with Gasteiger partial charge in [0.25, 0.3) is 5.91 Å². The number of rotatable bonds is 4. The molecule has 0 saturated carbocycles. The highest BCUT2D eigenvalue weighted by Gasteiger charge is 2.29. The van der Waals surface area contributed by atoms with Crippen molar-refractivity contribution in [3.05, 3.63) is 65.7 Å². The SMILES string of the molecule is C[C@H]1CCC[C@H](C)N1C(=O)c1ccc(CS(=O)(=O)c2ccccc2)cc1. The smallest absolute Gasteiger partial charge is 0.254 e. The van der Waals surface area contributed by atoms with Crippen LogP contribution in [0.2, 0.25) is 0 Å². The van der Waals surface area contributed by atoms with Crippen molar-refractivity contribution in [1.29, 1.82) is 0 Å². The van der Waals surface area contributed by atoms with E-state index in [9.17, 15) is 13.2 Å². The van der Waals surface area contributed by atoms with Crippen LogP contribution >= 0.6 is 0 Å². The standard InChI is InChI=1S/C21H25NO3S/c1-16-7-6-8-17(2)22(16)21(23)19-13-11-18(12-14-19)15-26(24,25)20-9-4-3-5-10-20/h3-5,9-14,16-17H,6-8,15H2,1-2H3/t16-,17-/m0/s1. The molecule has 1 aliphatic heterocycles. The molecule has 0 spiro atoms. The second kappa shape index (κ2) is 7.62. The summed E-state index contributed by atoms with van der Waals surface area (Å²) >= 11 is 0. The van der Waals surface area contributed by atoms with E-state index in [0.717, 1.165) is 19.3 Å². The number of benzene rings is 2. The van der Waals surface area contributed by atoms with Gasteiger partial charge in [-0.25, -0.2) is 8.42 Å². The molecule has 0 aromatic heterocycles. The molecule has 3 rings (SSSR count). The summed E-state index contributed by atoms with van der Waals surface area (Å²) in [7, 11) is -3.38. The second-order valence-corrected chi connectivity index (χ2v) is 9.10. The molecule has 0 aliphatic carbocycles. The molecule has 1 amide bonds. The third-order valence-corrected chi connectivity index (χ3v) is 6.79. The number of nitrogens with zero attached hydrogens (tertiary/aromatic N) is 1. The van der Waals surface area contributed by atoms with E-state index < -0.39 is 9.84 Å². The number of hydrogen-bond donors (Lipinski definition) is 0. The zero-order valence-corrected chi connectivity index (χ0v) is 16.1. The Morgan fingerprint density at radius 3 is 2.12 bits per heavy atom. The molecule has 1 fully saturated rings. The molecule has 5 heteroatoms. The summed E-state index contributed by atoms with van der Waals surface area (Å²) in [5.41, 5.74) is 1.30. The molecule has 0 unspecified atom stereocenters. The Kier molecular flexibility index (Phi) is 5.47. The Hall–Kier alpha value is -2.14. The van der Waals surface area contributed by atoms with Crippen LogP contribution in [0.4, 0.5) is 0 Å². The molecule has 1 aliphatic rings. The summed E-state index contributed by atoms with van der Waals surface area (Å²) in [6.07, 6.45) is 3.22. The lowest BCUT2D eigenvalue weighted by Crippen LogP contribution is -2.47. The van der Waals surface area contributed by atoms with Crippen LogP contribution in [-0.2, 0) is 15.6 Å². The number of carbonyl (C=O) groups excluding carboxylic acids is 1. The maximum Gasteiger partial charge on any atom is 0.254 e. The molecule has 26 heavy (non-hydrogen) atoms. The normalized spacial score (nSPS) is 20.8. The van der Waals surface area contributed by atoms with Crippen LogP contribution in [0.1, 0.15) is 49.0 Å². The summed E-state index contributed by atoms with van der Waals surface area (Å²) in [5.74, 6) is -0.0377. The van der Waals surface area contributed by atoms with Gasteiger partial charge in [0.05, 0.1) is 10.6 Å². The Morgan fingerprint density at radius 2 is 1.54 bits per heavy atom. The Bertz CT molecular complexity index is 850. The number of sulfone groups is 1. The molecule has 0 N–H and O–H groups in total. The van der Waals surface area contributed by atoms with Gasteiger partial charge in [-0.1, -0.05) is 30.3 Å². The van der Waals surface area contributed by atoms with Crippen molar-refractivity contribution in [3.63, 3.8) is 0 Å². The van der Waals surface area contributed by atoms with E-state index in [4.69, 9.17) is 0 Å². The van der Waals surface area contributed by atoms with Crippen LogP contribution in [0.25, 0.3) is 0 Å². The van der Waals surface area contributed by atoms with Crippen LogP contribution < -0.4 is 0 Å². The van der Waals surface area contributed by atoms with E-state index >= 15 is 0 Å². The molecule has 4 nitrogen and oxygen atoms in total. The van der Waals surface area contributed by atoms with E-state index in [1.165, 1.54) is 0 Å². The topological polar surface area (TPSA) is 54.5 Å². The maximum absolute atomic E-state index is 12.8. The van der Waals surface area contributed by atoms with Gasteiger partial charge >= 0.3 is 0 Å². The van der Waals surface area contributed by atoms with Crippen molar-refractivity contribution in [3.8, 4) is 0 Å². The first-order valence-corrected chi connectivity index (χ1v) is 10.7. The summed E-state index contributed by atoms with van der Waals surface area (Å²) in [6, 6.07) is 15.9. The van der Waals surface area contributed by atoms with Gasteiger partial charge in [0.15, 0.2) is 9.84 Å². The highest BCUT2D eigenvalue weighted by atomic mass is 32.2. The van der Waals surface area contributed by atoms with E-state index in [-0.39, 0.29) is 23.7 Å². The molecule has 2 aromatic rings. The van der Waals surface area contributed by atoms with E-state index in [2.05, 4.69) is 13.8 Å². The molecule has 0 bridgehead atoms. The molecule has 2 aromatic carbocycles. The number of carbonyl (C=O) groups is 1. The van der Waals surface area contributed by atoms with Crippen molar-refractivity contribution in [2.75, 3.05) is 0 Å². The third-order valence-electron chi connectivity index (χ3n) is 5.09. The van der Waals surface area contributed by atoms with E-state index in [1.54, 1.807) is 54.6 Å². The predicted molar refractivity (Wildman–Crippen MR) is 103 cm³/mol. The van der Waals surface area contributed by atoms with Crippen molar-refractivity contribution in [2.45, 2.75) is 55.8 Å². The molecular formula is C21H25NO3S. The Balaban J connectivity index is 1.75. The van der Waals surface area contributed by atoms with Gasteiger partial charge in [0.1, 0.15) is 0 Å². The minimum absolute atomic E-state index is 0.0298. The maximum atomic E-state index is 12.8. The fourth-order valence-electron chi connectivity index (χ4n) is 3.64. The zero-order valence-electron chi connectivity index (χ0n) is 15.3. The van der Waals surface area contributed by atoms with Gasteiger partial charge in [-0.15, -0.1) is 0 Å². The summed E-state index contributed by atoms with van der Waals surface area (Å²) in [4.78, 5) is 15.1. The van der Waals surface area contributed by atoms with Gasteiger partial charge < -0.3 is 4.90 Å². The minimum Gasteiger partial charge on any atom is -0.333 e. The average molecular weight is 372 g/mol. The number of piperidine rings is 1. The van der Waals surface area contributed by atoms with Crippen LogP contribution in [0.3, 0.4) is 0 Å². The van der Waals surface area contributed by atoms with Crippen molar-refractivity contribution in [1.82, 2.24) is 4.90 Å². The number of hydrogen-bond acceptors (Lipinski definition) is 3. The Morgan fingerprint density at radius 1 is 0.962 bits per heavy atom. The first kappa shape index (κ1) is 18.6. The van der Waals surface area contributed by atoms with Gasteiger partial charge in [0.2, 0.25) is 0 Å². The first-order chi connectivity index (χ1) is 12.4. The monoisotopic (exact) mass is 371 g/mol. The predicted octanol–water partition coefficient (Wildman–Crippen LogP) is 4.06. The van der Waals surface area contributed by atoms with Crippen molar-refractivity contribution >= 4 is 15.7 Å². The molecule has 1 heterocycles. The Labute approximate surface area is 155 Å². The second-order valence-electron chi connectivity index (χ2n) is 7.11. The molecule has 2 atom stereocenters. The summed E-state index contributed by atoms with van der Waals surface area (Å²) in [5, 5.41) is 0. The number of amides is 1. The molecular weight excluding hydrogens is 346 g/mol. The zero-order chi connectivity index (χ0) is 18.7. The van der Waals surface area contributed by atoms with Gasteiger partial charge in [-0.2, -0.15) is 0 Å². The lowest BCUT2D eigenvalue weighted by Gasteiger charge is -2.39. The summed E-state index contributed by atoms with van der Waals surface area (Å²) < 4.78 is 25.0. The largest absolute Gasteiger partial charge is 0.333 e. The molecule has 138 valence electrons. The average Bonchev–Trinajstić information content (AvgIpc) is 2.62. The highest BCUT2D eigenvalue weighted by molar-refractivity contribution is 7.90. The van der Waals surface area contributed by atoms with E-state index in [1.807, 2.05) is 4.90 Å². The fraction of sp³-hybridized carbons (Fsp3) is 0.381. The van der Waals surface area contributed by atoms with Crippen molar-refractivity contribution < 1.29 is 13.2 Å². The van der Waals surface area contributed by atoms with Crippen LogP contribution in [-0.4, -0.2) is 31.3 Å². The molecule has 0 radical (unpaired) electrons.